The van der Waals surface area contributed by atoms with E-state index in [1.807, 2.05) is 31.2 Å². The topological polar surface area (TPSA) is 44.8 Å². The van der Waals surface area contributed by atoms with Crippen LogP contribution in [0, 0.1) is 0 Å². The zero-order valence-electron chi connectivity index (χ0n) is 18.5. The molecule has 4 nitrogen and oxygen atoms in total. The van der Waals surface area contributed by atoms with Gasteiger partial charge in [0, 0.05) is 13.0 Å². The first-order valence-corrected chi connectivity index (χ1v) is 10.8. The fraction of sp³-hybridized carbons (Fsp3) is 0.296. The van der Waals surface area contributed by atoms with Gasteiger partial charge in [0.05, 0.1) is 6.61 Å². The number of carbonyl (C=O) groups is 1. The van der Waals surface area contributed by atoms with Crippen LogP contribution >= 0.6 is 0 Å². The van der Waals surface area contributed by atoms with E-state index in [0.717, 1.165) is 11.3 Å². The van der Waals surface area contributed by atoms with Crippen LogP contribution in [0.4, 0.5) is 0 Å². The highest BCUT2D eigenvalue weighted by Gasteiger charge is 2.20. The summed E-state index contributed by atoms with van der Waals surface area (Å²) >= 11 is 0. The fourth-order valence-corrected chi connectivity index (χ4v) is 3.40. The Morgan fingerprint density at radius 2 is 1.68 bits per heavy atom. The summed E-state index contributed by atoms with van der Waals surface area (Å²) in [5.74, 6) is 0.467. The van der Waals surface area contributed by atoms with E-state index in [9.17, 15) is 4.79 Å². The predicted molar refractivity (Wildman–Crippen MR) is 125 cm³/mol. The average molecular weight is 419 g/mol. The lowest BCUT2D eigenvalue weighted by Gasteiger charge is -2.15. The van der Waals surface area contributed by atoms with E-state index in [4.69, 9.17) is 14.2 Å². The summed E-state index contributed by atoms with van der Waals surface area (Å²) in [6.07, 6.45) is 1.99. The molecule has 3 aromatic rings. The lowest BCUT2D eigenvalue weighted by Crippen LogP contribution is -2.28. The van der Waals surface area contributed by atoms with Crippen LogP contribution in [0.15, 0.2) is 72.8 Å². The van der Waals surface area contributed by atoms with Crippen molar-refractivity contribution in [3.63, 3.8) is 0 Å². The molecule has 0 aliphatic carbocycles. The number of rotatable bonds is 10. The third-order valence-electron chi connectivity index (χ3n) is 5.11. The number of hydrogen-bond donors (Lipinski definition) is 0. The maximum absolute atomic E-state index is 12.0. The number of esters is 1. The molecule has 3 rings (SSSR count). The Bertz CT molecular complexity index is 1020. The number of allylic oxidation sites excluding steroid dienone is 1. The van der Waals surface area contributed by atoms with E-state index in [1.54, 1.807) is 6.92 Å². The molecule has 0 radical (unpaired) electrons. The first-order chi connectivity index (χ1) is 15.1. The van der Waals surface area contributed by atoms with Gasteiger partial charge in [0.1, 0.15) is 12.4 Å². The van der Waals surface area contributed by atoms with Crippen LogP contribution in [-0.2, 0) is 20.7 Å². The van der Waals surface area contributed by atoms with Crippen molar-refractivity contribution in [2.24, 2.45) is 0 Å². The van der Waals surface area contributed by atoms with Crippen LogP contribution in [0.2, 0.25) is 0 Å². The van der Waals surface area contributed by atoms with Gasteiger partial charge >= 0.3 is 5.97 Å². The number of fused-ring (bicyclic) bond motifs is 1. The smallest absolute Gasteiger partial charge is 0.335 e. The second-order valence-electron chi connectivity index (χ2n) is 7.30. The Morgan fingerprint density at radius 3 is 2.39 bits per heavy atom. The van der Waals surface area contributed by atoms with E-state index in [0.29, 0.717) is 26.2 Å². The highest BCUT2D eigenvalue weighted by molar-refractivity contribution is 5.86. The number of benzene rings is 3. The molecule has 4 heteroatoms. The van der Waals surface area contributed by atoms with E-state index in [-0.39, 0.29) is 5.97 Å². The average Bonchev–Trinajstić information content (AvgIpc) is 2.79. The molecule has 0 aliphatic rings. The summed E-state index contributed by atoms with van der Waals surface area (Å²) in [5, 5.41) is 2.47. The third kappa shape index (κ3) is 6.43. The van der Waals surface area contributed by atoms with Crippen LogP contribution in [-0.4, -0.2) is 31.9 Å². The molecular weight excluding hydrogens is 388 g/mol. The molecule has 0 unspecified atom stereocenters. The van der Waals surface area contributed by atoms with Crippen LogP contribution in [0.3, 0.4) is 0 Å². The highest BCUT2D eigenvalue weighted by atomic mass is 16.6. The van der Waals surface area contributed by atoms with Crippen molar-refractivity contribution in [3.8, 4) is 5.75 Å². The van der Waals surface area contributed by atoms with Gasteiger partial charge in [0.25, 0.3) is 0 Å². The van der Waals surface area contributed by atoms with Gasteiger partial charge in [-0.1, -0.05) is 48.5 Å². The Hall–Kier alpha value is -3.11. The first-order valence-electron chi connectivity index (χ1n) is 10.8. The second-order valence-corrected chi connectivity index (χ2v) is 7.30. The van der Waals surface area contributed by atoms with Gasteiger partial charge in [-0.05, 0) is 72.5 Å². The molecule has 0 heterocycles. The minimum Gasteiger partial charge on any atom is -0.490 e. The summed E-state index contributed by atoms with van der Waals surface area (Å²) in [5.41, 5.74) is 3.37. The molecule has 0 saturated carbocycles. The summed E-state index contributed by atoms with van der Waals surface area (Å²) in [4.78, 5) is 12.0. The van der Waals surface area contributed by atoms with Gasteiger partial charge in [-0.2, -0.15) is 0 Å². The summed E-state index contributed by atoms with van der Waals surface area (Å²) in [6.45, 7) is 7.07. The third-order valence-corrected chi connectivity index (χ3v) is 5.11. The van der Waals surface area contributed by atoms with Crippen molar-refractivity contribution in [2.75, 3.05) is 19.8 Å². The van der Waals surface area contributed by atoms with Crippen LogP contribution in [0.5, 0.6) is 5.75 Å². The molecule has 3 aromatic carbocycles. The summed E-state index contributed by atoms with van der Waals surface area (Å²) in [7, 11) is 0. The molecule has 0 aliphatic heterocycles. The van der Waals surface area contributed by atoms with Gasteiger partial charge in [-0.25, -0.2) is 4.79 Å². The molecule has 0 spiro atoms. The van der Waals surface area contributed by atoms with Gasteiger partial charge in [-0.15, -0.1) is 0 Å². The standard InChI is InChI=1S/C27H30O4/c1-4-29-26(27(28)30-5-2)18-21-10-14-25(15-11-21)31-17-16-20(3)23-13-12-22-8-6-7-9-24(22)19-23/h6-16,19,26H,4-5,17-18H2,1-3H3/b20-16-/t26-/m0/s1. The Morgan fingerprint density at radius 1 is 0.935 bits per heavy atom. The maximum atomic E-state index is 12.0. The molecule has 162 valence electrons. The molecule has 0 bridgehead atoms. The van der Waals surface area contributed by atoms with E-state index >= 15 is 0 Å². The molecule has 0 aromatic heterocycles. The van der Waals surface area contributed by atoms with Crippen molar-refractivity contribution >= 4 is 22.3 Å². The molecule has 0 fully saturated rings. The van der Waals surface area contributed by atoms with Gasteiger partial charge in [-0.3, -0.25) is 0 Å². The van der Waals surface area contributed by atoms with E-state index in [2.05, 4.69) is 55.5 Å². The van der Waals surface area contributed by atoms with Gasteiger partial charge in [0.2, 0.25) is 0 Å². The molecular formula is C27H30O4. The summed E-state index contributed by atoms with van der Waals surface area (Å²) in [6, 6.07) is 22.6. The quantitative estimate of drug-likeness (QED) is 0.389. The minimum absolute atomic E-state index is 0.320. The van der Waals surface area contributed by atoms with Crippen molar-refractivity contribution < 1.29 is 19.0 Å². The van der Waals surface area contributed by atoms with E-state index in [1.165, 1.54) is 21.9 Å². The maximum Gasteiger partial charge on any atom is 0.335 e. The van der Waals surface area contributed by atoms with E-state index < -0.39 is 6.10 Å². The predicted octanol–water partition coefficient (Wildman–Crippen LogP) is 5.83. The molecule has 31 heavy (non-hydrogen) atoms. The second kappa shape index (κ2) is 11.3. The van der Waals surface area contributed by atoms with Gasteiger partial charge < -0.3 is 14.2 Å². The number of hydrogen-bond acceptors (Lipinski definition) is 4. The molecule has 0 N–H and O–H groups in total. The molecule has 1 atom stereocenters. The normalized spacial score (nSPS) is 12.5. The largest absolute Gasteiger partial charge is 0.490 e. The summed E-state index contributed by atoms with van der Waals surface area (Å²) < 4.78 is 16.5. The first kappa shape index (κ1) is 22.6. The zero-order chi connectivity index (χ0) is 22.1. The van der Waals surface area contributed by atoms with Crippen molar-refractivity contribution in [1.82, 2.24) is 0 Å². The SMILES string of the molecule is CCOC(=O)[C@H](Cc1ccc(OC/C=C(/C)c2ccc3ccccc3c2)cc1)OCC. The molecule has 0 amide bonds. The number of ether oxygens (including phenoxy) is 3. The lowest BCUT2D eigenvalue weighted by atomic mass is 10.0. The molecule has 0 saturated heterocycles. The zero-order valence-corrected chi connectivity index (χ0v) is 18.5. The van der Waals surface area contributed by atoms with Crippen LogP contribution in [0.1, 0.15) is 31.9 Å². The van der Waals surface area contributed by atoms with Crippen molar-refractivity contribution in [1.29, 1.82) is 0 Å². The monoisotopic (exact) mass is 418 g/mol. The Kier molecular flexibility index (Phi) is 8.25. The Labute approximate surface area is 184 Å². The van der Waals surface area contributed by atoms with Crippen molar-refractivity contribution in [3.05, 3.63) is 83.9 Å². The fourth-order valence-electron chi connectivity index (χ4n) is 3.40. The minimum atomic E-state index is -0.579. The highest BCUT2D eigenvalue weighted by Crippen LogP contribution is 2.21. The van der Waals surface area contributed by atoms with Crippen LogP contribution < -0.4 is 4.74 Å². The lowest BCUT2D eigenvalue weighted by molar-refractivity contribution is -0.156. The van der Waals surface area contributed by atoms with Crippen LogP contribution in [0.25, 0.3) is 16.3 Å². The van der Waals surface area contributed by atoms with Gasteiger partial charge in [0.15, 0.2) is 6.10 Å². The number of carbonyl (C=O) groups excluding carboxylic acids is 1. The Balaban J connectivity index is 1.57. The van der Waals surface area contributed by atoms with Crippen molar-refractivity contribution in [2.45, 2.75) is 33.3 Å².